The summed E-state index contributed by atoms with van der Waals surface area (Å²) in [6.07, 6.45) is 3.28. The lowest BCUT2D eigenvalue weighted by Crippen LogP contribution is -1.70. The molecule has 6 heavy (non-hydrogen) atoms. The molecule has 0 N–H and O–H groups in total. The molecule has 0 aromatic heterocycles. The molecular formula is C4H12OS. The Morgan fingerprint density at radius 2 is 1.17 bits per heavy atom. The fourth-order valence-electron chi connectivity index (χ4n) is 0. The second-order valence-corrected chi connectivity index (χ2v) is 2.22. The molecule has 0 unspecified atom stereocenters. The third-order valence-corrected chi connectivity index (χ3v) is 0. The number of hydrogen-bond acceptors (Lipinski definition) is 1. The lowest BCUT2D eigenvalue weighted by atomic mass is 11.0. The minimum atomic E-state index is -0.611. The molecule has 0 saturated carbocycles. The molecule has 0 atom stereocenters. The van der Waals surface area contributed by atoms with E-state index >= 15 is 0 Å². The second-order valence-electron chi connectivity index (χ2n) is 0.742. The van der Waals surface area contributed by atoms with Crippen LogP contribution in [0.1, 0.15) is 13.8 Å². The number of hydrogen-bond donors (Lipinski definition) is 0. The summed E-state index contributed by atoms with van der Waals surface area (Å²) in [7, 11) is -0.611. The van der Waals surface area contributed by atoms with Gasteiger partial charge in [-0.25, -0.2) is 0 Å². The summed E-state index contributed by atoms with van der Waals surface area (Å²) in [6, 6.07) is 0. The van der Waals surface area contributed by atoms with Crippen molar-refractivity contribution in [1.82, 2.24) is 0 Å². The van der Waals surface area contributed by atoms with Crippen LogP contribution < -0.4 is 0 Å². The molecule has 1 nitrogen and oxygen atoms in total. The van der Waals surface area contributed by atoms with Crippen molar-refractivity contribution >= 4 is 10.8 Å². The molecule has 0 heterocycles. The van der Waals surface area contributed by atoms with Crippen molar-refractivity contribution in [2.75, 3.05) is 12.5 Å². The molecule has 0 aromatic carbocycles. The minimum Gasteiger partial charge on any atom is -0.260 e. The lowest BCUT2D eigenvalue weighted by Gasteiger charge is -1.60. The van der Waals surface area contributed by atoms with Gasteiger partial charge in [0.2, 0.25) is 0 Å². The van der Waals surface area contributed by atoms with Crippen LogP contribution in [0.2, 0.25) is 0 Å². The second kappa shape index (κ2) is 8.94. The maximum Gasteiger partial charge on any atom is 0.0148 e. The van der Waals surface area contributed by atoms with E-state index in [1.54, 1.807) is 12.5 Å². The van der Waals surface area contributed by atoms with Crippen LogP contribution in [0.15, 0.2) is 0 Å². The molecule has 0 radical (unpaired) electrons. The average Bonchev–Trinajstić information content (AvgIpc) is 1.41. The average molecular weight is 108 g/mol. The SMILES string of the molecule is CC.CS(C)=O. The molecule has 0 rings (SSSR count). The summed E-state index contributed by atoms with van der Waals surface area (Å²) in [5, 5.41) is 0. The van der Waals surface area contributed by atoms with Gasteiger partial charge in [-0.1, -0.05) is 13.8 Å². The zero-order chi connectivity index (χ0) is 5.58. The van der Waals surface area contributed by atoms with Crippen molar-refractivity contribution in [3.63, 3.8) is 0 Å². The zero-order valence-corrected chi connectivity index (χ0v) is 5.63. The Hall–Kier alpha value is 0.150. The van der Waals surface area contributed by atoms with Crippen molar-refractivity contribution in [3.8, 4) is 0 Å². The normalized spacial score (nSPS) is 6.83. The van der Waals surface area contributed by atoms with E-state index < -0.39 is 10.8 Å². The fraction of sp³-hybridized carbons (Fsp3) is 1.00. The van der Waals surface area contributed by atoms with E-state index in [9.17, 15) is 4.21 Å². The van der Waals surface area contributed by atoms with E-state index in [0.717, 1.165) is 0 Å². The molecule has 0 aliphatic carbocycles. The largest absolute Gasteiger partial charge is 0.260 e. The molecule has 0 saturated heterocycles. The Bertz CT molecular complexity index is 30.5. The Morgan fingerprint density at radius 1 is 1.17 bits per heavy atom. The van der Waals surface area contributed by atoms with E-state index in [2.05, 4.69) is 0 Å². The third kappa shape index (κ3) is 1830. The summed E-state index contributed by atoms with van der Waals surface area (Å²) < 4.78 is 9.56. The van der Waals surface area contributed by atoms with Crippen molar-refractivity contribution in [2.45, 2.75) is 13.8 Å². The predicted molar refractivity (Wildman–Crippen MR) is 31.3 cm³/mol. The van der Waals surface area contributed by atoms with Gasteiger partial charge < -0.3 is 0 Å². The zero-order valence-electron chi connectivity index (χ0n) is 4.82. The molecule has 0 aromatic rings. The first-order valence-corrected chi connectivity index (χ1v) is 3.95. The van der Waals surface area contributed by atoms with Gasteiger partial charge in [0.05, 0.1) is 0 Å². The maximum atomic E-state index is 9.56. The van der Waals surface area contributed by atoms with Crippen LogP contribution in [0.25, 0.3) is 0 Å². The van der Waals surface area contributed by atoms with Crippen LogP contribution in [0.5, 0.6) is 0 Å². The Labute approximate surface area is 42.2 Å². The molecule has 0 fully saturated rings. The van der Waals surface area contributed by atoms with E-state index in [0.29, 0.717) is 0 Å². The standard InChI is InChI=1S/C2H6OS.C2H6/c1-4(2)3;1-2/h1-2H3;1-2H3. The van der Waals surface area contributed by atoms with Gasteiger partial charge in [-0.3, -0.25) is 4.21 Å². The maximum absolute atomic E-state index is 9.56. The third-order valence-electron chi connectivity index (χ3n) is 0. The van der Waals surface area contributed by atoms with Gasteiger partial charge in [-0.05, 0) is 0 Å². The first kappa shape index (κ1) is 9.47. The van der Waals surface area contributed by atoms with Crippen molar-refractivity contribution in [3.05, 3.63) is 0 Å². The first-order chi connectivity index (χ1) is 2.73. The van der Waals surface area contributed by atoms with Crippen molar-refractivity contribution < 1.29 is 4.21 Å². The highest BCUT2D eigenvalue weighted by Crippen LogP contribution is 1.47. The number of rotatable bonds is 0. The highest BCUT2D eigenvalue weighted by atomic mass is 32.2. The van der Waals surface area contributed by atoms with Crippen LogP contribution in [-0.4, -0.2) is 16.7 Å². The molecule has 40 valence electrons. The highest BCUT2D eigenvalue weighted by molar-refractivity contribution is 7.83. The van der Waals surface area contributed by atoms with Crippen LogP contribution >= 0.6 is 0 Å². The van der Waals surface area contributed by atoms with Crippen molar-refractivity contribution in [1.29, 1.82) is 0 Å². The van der Waals surface area contributed by atoms with E-state index in [4.69, 9.17) is 0 Å². The van der Waals surface area contributed by atoms with Crippen molar-refractivity contribution in [2.24, 2.45) is 0 Å². The smallest absolute Gasteiger partial charge is 0.0148 e. The molecule has 2 heteroatoms. The van der Waals surface area contributed by atoms with Gasteiger partial charge in [0.25, 0.3) is 0 Å². The summed E-state index contributed by atoms with van der Waals surface area (Å²) in [6.45, 7) is 4.00. The van der Waals surface area contributed by atoms with Gasteiger partial charge in [-0.15, -0.1) is 0 Å². The topological polar surface area (TPSA) is 17.1 Å². The quantitative estimate of drug-likeness (QED) is 0.453. The van der Waals surface area contributed by atoms with Gasteiger partial charge in [0, 0.05) is 23.3 Å². The minimum absolute atomic E-state index is 0.611. The molecule has 0 aliphatic rings. The molecule has 0 aliphatic heterocycles. The van der Waals surface area contributed by atoms with E-state index in [1.165, 1.54) is 0 Å². The predicted octanol–water partition coefficient (Wildman–Crippen LogP) is 1.02. The van der Waals surface area contributed by atoms with Gasteiger partial charge in [-0.2, -0.15) is 0 Å². The lowest BCUT2D eigenvalue weighted by molar-refractivity contribution is 0.690. The fourth-order valence-corrected chi connectivity index (χ4v) is 0. The van der Waals surface area contributed by atoms with Gasteiger partial charge in [0.15, 0.2) is 0 Å². The summed E-state index contributed by atoms with van der Waals surface area (Å²) in [5.41, 5.74) is 0. The van der Waals surface area contributed by atoms with Crippen LogP contribution in [0.4, 0.5) is 0 Å². The molecule has 0 bridgehead atoms. The van der Waals surface area contributed by atoms with Crippen LogP contribution in [0.3, 0.4) is 0 Å². The Morgan fingerprint density at radius 3 is 1.17 bits per heavy atom. The monoisotopic (exact) mass is 108 g/mol. The summed E-state index contributed by atoms with van der Waals surface area (Å²) in [5.74, 6) is 0. The van der Waals surface area contributed by atoms with Gasteiger partial charge in [0.1, 0.15) is 0 Å². The first-order valence-electron chi connectivity index (χ1n) is 1.98. The molecule has 0 spiro atoms. The molecular weight excluding hydrogens is 96.1 g/mol. The Balaban J connectivity index is 0. The highest BCUT2D eigenvalue weighted by Gasteiger charge is 1.57. The summed E-state index contributed by atoms with van der Waals surface area (Å²) in [4.78, 5) is 0. The van der Waals surface area contributed by atoms with Crippen LogP contribution in [-0.2, 0) is 10.8 Å². The summed E-state index contributed by atoms with van der Waals surface area (Å²) >= 11 is 0. The van der Waals surface area contributed by atoms with E-state index in [-0.39, 0.29) is 0 Å². The molecule has 0 amide bonds. The van der Waals surface area contributed by atoms with Crippen LogP contribution in [0, 0.1) is 0 Å². The van der Waals surface area contributed by atoms with E-state index in [1.807, 2.05) is 13.8 Å². The Kier molecular flexibility index (Phi) is 14.1. The van der Waals surface area contributed by atoms with Gasteiger partial charge >= 0.3 is 0 Å².